The molecule has 0 fully saturated rings. The first kappa shape index (κ1) is 20.3. The summed E-state index contributed by atoms with van der Waals surface area (Å²) >= 11 is 0. The van der Waals surface area contributed by atoms with Gasteiger partial charge >= 0.3 is 0 Å². The van der Waals surface area contributed by atoms with Gasteiger partial charge in [0.1, 0.15) is 6.54 Å². The number of carbonyl (C=O) groups is 1. The van der Waals surface area contributed by atoms with Crippen LogP contribution in [0.25, 0.3) is 21.8 Å². The third-order valence-electron chi connectivity index (χ3n) is 5.11. The molecule has 1 N–H and O–H groups in total. The van der Waals surface area contributed by atoms with E-state index in [0.717, 1.165) is 21.8 Å². The minimum absolute atomic E-state index is 0.147. The van der Waals surface area contributed by atoms with Crippen LogP contribution in [0, 0.1) is 0 Å². The first-order chi connectivity index (χ1) is 15.2. The van der Waals surface area contributed by atoms with Crippen molar-refractivity contribution in [1.82, 2.24) is 9.99 Å². The summed E-state index contributed by atoms with van der Waals surface area (Å²) in [4.78, 5) is 12.6. The number of para-hydroxylation sites is 2. The number of methoxy groups -OCH3 is 3. The number of aromatic nitrogens is 1. The second-order valence-electron chi connectivity index (χ2n) is 6.84. The Morgan fingerprint density at radius 3 is 2.06 bits per heavy atom. The largest absolute Gasteiger partial charge is 0.493 e. The first-order valence-electron chi connectivity index (χ1n) is 9.74. The first-order valence-corrected chi connectivity index (χ1v) is 9.74. The predicted molar refractivity (Wildman–Crippen MR) is 121 cm³/mol. The van der Waals surface area contributed by atoms with Crippen LogP contribution in [0.2, 0.25) is 0 Å². The third kappa shape index (κ3) is 3.77. The Balaban J connectivity index is 1.56. The lowest BCUT2D eigenvalue weighted by Gasteiger charge is -2.13. The van der Waals surface area contributed by atoms with Crippen LogP contribution >= 0.6 is 0 Å². The number of hydrazone groups is 1. The van der Waals surface area contributed by atoms with Crippen LogP contribution in [-0.2, 0) is 11.3 Å². The molecule has 1 amide bonds. The highest BCUT2D eigenvalue weighted by molar-refractivity contribution is 6.08. The number of nitrogens with zero attached hydrogens (tertiary/aromatic N) is 2. The van der Waals surface area contributed by atoms with Gasteiger partial charge in [-0.15, -0.1) is 0 Å². The number of hydrogen-bond donors (Lipinski definition) is 1. The predicted octanol–water partition coefficient (Wildman–Crippen LogP) is 3.97. The second kappa shape index (κ2) is 8.79. The Kier molecular flexibility index (Phi) is 5.75. The van der Waals surface area contributed by atoms with E-state index in [9.17, 15) is 4.79 Å². The van der Waals surface area contributed by atoms with Gasteiger partial charge in [0.05, 0.1) is 27.5 Å². The van der Waals surface area contributed by atoms with Crippen LogP contribution in [-0.4, -0.2) is 38.0 Å². The molecular weight excluding hydrogens is 394 g/mol. The molecule has 0 bridgehead atoms. The average molecular weight is 417 g/mol. The van der Waals surface area contributed by atoms with Crippen molar-refractivity contribution in [3.63, 3.8) is 0 Å². The standard InChI is InChI=1S/C24H23N3O4/c1-29-21-13-12-16(23(30-2)24(21)31-3)14-25-26-22(28)15-27-19-10-6-4-8-17(19)18-9-5-7-11-20(18)27/h4-14H,15H2,1-3H3,(H,26,28)/b25-14+. The lowest BCUT2D eigenvalue weighted by atomic mass is 10.2. The van der Waals surface area contributed by atoms with Gasteiger partial charge in [-0.25, -0.2) is 5.43 Å². The molecule has 3 aromatic carbocycles. The van der Waals surface area contributed by atoms with E-state index in [2.05, 4.69) is 22.7 Å². The Morgan fingerprint density at radius 2 is 1.48 bits per heavy atom. The van der Waals surface area contributed by atoms with Crippen molar-refractivity contribution >= 4 is 33.9 Å². The molecule has 31 heavy (non-hydrogen) atoms. The van der Waals surface area contributed by atoms with Crippen LogP contribution in [0.4, 0.5) is 0 Å². The molecule has 7 nitrogen and oxygen atoms in total. The summed E-state index contributed by atoms with van der Waals surface area (Å²) in [5.41, 5.74) is 5.26. The number of nitrogens with one attached hydrogen (secondary N) is 1. The fourth-order valence-electron chi connectivity index (χ4n) is 3.75. The SMILES string of the molecule is COc1ccc(/C=N/NC(=O)Cn2c3ccccc3c3ccccc32)c(OC)c1OC. The summed E-state index contributed by atoms with van der Waals surface area (Å²) in [5, 5.41) is 6.34. The summed E-state index contributed by atoms with van der Waals surface area (Å²) in [6, 6.07) is 19.6. The van der Waals surface area contributed by atoms with Gasteiger partial charge in [-0.2, -0.15) is 5.10 Å². The molecule has 0 aliphatic carbocycles. The topological polar surface area (TPSA) is 74.1 Å². The van der Waals surface area contributed by atoms with Crippen molar-refractivity contribution in [3.8, 4) is 17.2 Å². The van der Waals surface area contributed by atoms with Crippen molar-refractivity contribution in [2.24, 2.45) is 5.10 Å². The zero-order chi connectivity index (χ0) is 21.8. The molecule has 158 valence electrons. The number of benzene rings is 3. The number of rotatable bonds is 7. The quantitative estimate of drug-likeness (QED) is 0.365. The zero-order valence-electron chi connectivity index (χ0n) is 17.6. The van der Waals surface area contributed by atoms with Gasteiger partial charge < -0.3 is 18.8 Å². The van der Waals surface area contributed by atoms with E-state index in [0.29, 0.717) is 22.8 Å². The van der Waals surface area contributed by atoms with E-state index in [-0.39, 0.29) is 12.5 Å². The van der Waals surface area contributed by atoms with E-state index in [4.69, 9.17) is 14.2 Å². The molecule has 0 aliphatic rings. The molecule has 0 atom stereocenters. The summed E-state index contributed by atoms with van der Waals surface area (Å²) in [5.74, 6) is 1.25. The molecule has 7 heteroatoms. The summed E-state index contributed by atoms with van der Waals surface area (Å²) in [7, 11) is 4.63. The summed E-state index contributed by atoms with van der Waals surface area (Å²) in [6.07, 6.45) is 1.52. The maximum atomic E-state index is 12.6. The van der Waals surface area contributed by atoms with Crippen LogP contribution in [0.15, 0.2) is 65.8 Å². The van der Waals surface area contributed by atoms with Gasteiger partial charge in [0.2, 0.25) is 5.75 Å². The minimum Gasteiger partial charge on any atom is -0.493 e. The highest BCUT2D eigenvalue weighted by atomic mass is 16.5. The molecule has 0 spiro atoms. The molecule has 0 saturated heterocycles. The van der Waals surface area contributed by atoms with Crippen LogP contribution in [0.1, 0.15) is 5.56 Å². The van der Waals surface area contributed by atoms with Crippen molar-refractivity contribution in [2.75, 3.05) is 21.3 Å². The van der Waals surface area contributed by atoms with Crippen molar-refractivity contribution in [1.29, 1.82) is 0 Å². The number of hydrogen-bond acceptors (Lipinski definition) is 5. The monoisotopic (exact) mass is 417 g/mol. The van der Waals surface area contributed by atoms with Gasteiger partial charge in [-0.05, 0) is 24.3 Å². The maximum absolute atomic E-state index is 12.6. The Labute approximate surface area is 179 Å². The average Bonchev–Trinajstić information content (AvgIpc) is 3.12. The number of ether oxygens (including phenoxy) is 3. The third-order valence-corrected chi connectivity index (χ3v) is 5.11. The molecular formula is C24H23N3O4. The Hall–Kier alpha value is -4.00. The molecule has 1 aromatic heterocycles. The fraction of sp³-hybridized carbons (Fsp3) is 0.167. The van der Waals surface area contributed by atoms with Gasteiger partial charge in [0.25, 0.3) is 5.91 Å². The summed E-state index contributed by atoms with van der Waals surface area (Å²) in [6.45, 7) is 0.147. The van der Waals surface area contributed by atoms with Gasteiger partial charge in [-0.1, -0.05) is 36.4 Å². The number of fused-ring (bicyclic) bond motifs is 3. The van der Waals surface area contributed by atoms with E-state index in [1.165, 1.54) is 20.4 Å². The molecule has 0 radical (unpaired) electrons. The van der Waals surface area contributed by atoms with Gasteiger partial charge in [0, 0.05) is 27.4 Å². The van der Waals surface area contributed by atoms with Crippen molar-refractivity contribution < 1.29 is 19.0 Å². The molecule has 0 saturated carbocycles. The van der Waals surface area contributed by atoms with Gasteiger partial charge in [0.15, 0.2) is 11.5 Å². The smallest absolute Gasteiger partial charge is 0.260 e. The summed E-state index contributed by atoms with van der Waals surface area (Å²) < 4.78 is 18.1. The second-order valence-corrected chi connectivity index (χ2v) is 6.84. The van der Waals surface area contributed by atoms with Crippen LogP contribution in [0.5, 0.6) is 17.2 Å². The molecule has 4 aromatic rings. The van der Waals surface area contributed by atoms with Crippen LogP contribution < -0.4 is 19.6 Å². The minimum atomic E-state index is -0.234. The lowest BCUT2D eigenvalue weighted by molar-refractivity contribution is -0.121. The van der Waals surface area contributed by atoms with E-state index >= 15 is 0 Å². The molecule has 0 aliphatic heterocycles. The normalized spacial score (nSPS) is 11.2. The number of carbonyl (C=O) groups excluding carboxylic acids is 1. The number of amides is 1. The maximum Gasteiger partial charge on any atom is 0.260 e. The van der Waals surface area contributed by atoms with Crippen LogP contribution in [0.3, 0.4) is 0 Å². The van der Waals surface area contributed by atoms with Gasteiger partial charge in [-0.3, -0.25) is 4.79 Å². The highest BCUT2D eigenvalue weighted by Crippen LogP contribution is 2.39. The lowest BCUT2D eigenvalue weighted by Crippen LogP contribution is -2.23. The fourth-order valence-corrected chi connectivity index (χ4v) is 3.75. The zero-order valence-corrected chi connectivity index (χ0v) is 17.6. The van der Waals surface area contributed by atoms with Crippen molar-refractivity contribution in [3.05, 3.63) is 66.2 Å². The Morgan fingerprint density at radius 1 is 0.871 bits per heavy atom. The van der Waals surface area contributed by atoms with E-state index in [1.54, 1.807) is 19.2 Å². The Bertz CT molecular complexity index is 1220. The molecule has 4 rings (SSSR count). The molecule has 1 heterocycles. The highest BCUT2D eigenvalue weighted by Gasteiger charge is 2.15. The van der Waals surface area contributed by atoms with E-state index < -0.39 is 0 Å². The van der Waals surface area contributed by atoms with Crippen molar-refractivity contribution in [2.45, 2.75) is 6.54 Å². The molecule has 0 unspecified atom stereocenters. The van der Waals surface area contributed by atoms with E-state index in [1.807, 2.05) is 41.0 Å².